The van der Waals surface area contributed by atoms with Gasteiger partial charge in [-0.15, -0.1) is 0 Å². The van der Waals surface area contributed by atoms with Crippen molar-refractivity contribution in [2.45, 2.75) is 19.9 Å². The van der Waals surface area contributed by atoms with Gasteiger partial charge in [0.25, 0.3) is 11.7 Å². The Balaban J connectivity index is 1.74. The van der Waals surface area contributed by atoms with Gasteiger partial charge in [0.1, 0.15) is 17.6 Å². The van der Waals surface area contributed by atoms with Crippen molar-refractivity contribution in [2.24, 2.45) is 0 Å². The molecule has 2 aliphatic heterocycles. The van der Waals surface area contributed by atoms with Crippen LogP contribution < -0.4 is 9.47 Å². The van der Waals surface area contributed by atoms with Crippen LogP contribution in [0.5, 0.6) is 11.5 Å². The van der Waals surface area contributed by atoms with Crippen molar-refractivity contribution >= 4 is 17.4 Å². The smallest absolute Gasteiger partial charge is 0.295 e. The normalized spacial score (nSPS) is 19.8. The number of aliphatic hydroxyl groups excluding tert-OH is 1. The number of Topliss-reactive ketones (excluding diaryl/α,β-unsaturated/α-hetero) is 1. The lowest BCUT2D eigenvalue weighted by Crippen LogP contribution is -2.37. The standard InChI is InChI=1S/C22H24N2O6/c1-3-23(4-2)9-10-24-19(16-6-5-11-28-16)18(21(26)22(24)27)20(25)14-7-8-15-17(12-14)30-13-29-15/h5-8,11-12,19,25H,3-4,9-10,13H2,1-2H3/b20-18-. The highest BCUT2D eigenvalue weighted by molar-refractivity contribution is 6.46. The summed E-state index contributed by atoms with van der Waals surface area (Å²) in [6, 6.07) is 7.50. The SMILES string of the molecule is CCN(CC)CCN1C(=O)C(=O)/C(=C(\O)c2ccc3c(c2)OCO3)C1c1ccco1. The maximum absolute atomic E-state index is 12.9. The van der Waals surface area contributed by atoms with E-state index >= 15 is 0 Å². The molecule has 1 aromatic carbocycles. The zero-order valence-electron chi connectivity index (χ0n) is 17.0. The van der Waals surface area contributed by atoms with Crippen LogP contribution in [-0.4, -0.2) is 59.6 Å². The van der Waals surface area contributed by atoms with Gasteiger partial charge in [0.05, 0.1) is 11.8 Å². The van der Waals surface area contributed by atoms with Crippen LogP contribution in [0.1, 0.15) is 31.2 Å². The largest absolute Gasteiger partial charge is 0.507 e. The summed E-state index contributed by atoms with van der Waals surface area (Å²) in [6.45, 7) is 6.81. The number of fused-ring (bicyclic) bond motifs is 1. The lowest BCUT2D eigenvalue weighted by atomic mass is 9.99. The van der Waals surface area contributed by atoms with Crippen LogP contribution >= 0.6 is 0 Å². The molecular formula is C22H24N2O6. The fourth-order valence-corrected chi connectivity index (χ4v) is 3.84. The van der Waals surface area contributed by atoms with Crippen molar-refractivity contribution in [3.63, 3.8) is 0 Å². The highest BCUT2D eigenvalue weighted by Crippen LogP contribution is 2.41. The van der Waals surface area contributed by atoms with E-state index in [-0.39, 0.29) is 18.1 Å². The molecule has 1 saturated heterocycles. The van der Waals surface area contributed by atoms with E-state index in [4.69, 9.17) is 13.9 Å². The number of hydrogen-bond acceptors (Lipinski definition) is 7. The second-order valence-corrected chi connectivity index (χ2v) is 7.10. The van der Waals surface area contributed by atoms with Gasteiger partial charge in [-0.1, -0.05) is 13.8 Å². The predicted molar refractivity (Wildman–Crippen MR) is 108 cm³/mol. The van der Waals surface area contributed by atoms with Crippen molar-refractivity contribution in [3.8, 4) is 11.5 Å². The zero-order chi connectivity index (χ0) is 21.3. The van der Waals surface area contributed by atoms with Crippen molar-refractivity contribution in [1.29, 1.82) is 0 Å². The maximum Gasteiger partial charge on any atom is 0.295 e. The molecular weight excluding hydrogens is 388 g/mol. The molecule has 158 valence electrons. The van der Waals surface area contributed by atoms with E-state index < -0.39 is 17.7 Å². The molecule has 30 heavy (non-hydrogen) atoms. The molecule has 8 heteroatoms. The van der Waals surface area contributed by atoms with Crippen LogP contribution in [0.3, 0.4) is 0 Å². The highest BCUT2D eigenvalue weighted by Gasteiger charge is 2.47. The molecule has 1 aromatic heterocycles. The summed E-state index contributed by atoms with van der Waals surface area (Å²) in [5.41, 5.74) is 0.380. The van der Waals surface area contributed by atoms with Gasteiger partial charge in [-0.3, -0.25) is 9.59 Å². The van der Waals surface area contributed by atoms with E-state index in [9.17, 15) is 14.7 Å². The molecule has 0 spiro atoms. The van der Waals surface area contributed by atoms with E-state index in [1.165, 1.54) is 11.2 Å². The van der Waals surface area contributed by atoms with Gasteiger partial charge in [0.15, 0.2) is 11.5 Å². The van der Waals surface area contributed by atoms with Crippen LogP contribution in [0, 0.1) is 0 Å². The van der Waals surface area contributed by atoms with Gasteiger partial charge in [-0.25, -0.2) is 0 Å². The number of carbonyl (C=O) groups excluding carboxylic acids is 2. The van der Waals surface area contributed by atoms with Gasteiger partial charge in [0.2, 0.25) is 6.79 Å². The topological polar surface area (TPSA) is 92.5 Å². The number of furan rings is 1. The van der Waals surface area contributed by atoms with Crippen LogP contribution in [0.4, 0.5) is 0 Å². The summed E-state index contributed by atoms with van der Waals surface area (Å²) in [5.74, 6) is -0.176. The third kappa shape index (κ3) is 3.43. The molecule has 1 unspecified atom stereocenters. The van der Waals surface area contributed by atoms with Gasteiger partial charge in [-0.05, 0) is 43.4 Å². The van der Waals surface area contributed by atoms with Crippen LogP contribution in [0.25, 0.3) is 5.76 Å². The Morgan fingerprint density at radius 3 is 2.63 bits per heavy atom. The minimum absolute atomic E-state index is 0.00774. The third-order valence-corrected chi connectivity index (χ3v) is 5.55. The van der Waals surface area contributed by atoms with E-state index in [0.717, 1.165) is 13.1 Å². The molecule has 0 saturated carbocycles. The Hall–Kier alpha value is -3.26. The number of aliphatic hydroxyl groups is 1. The Morgan fingerprint density at radius 1 is 1.17 bits per heavy atom. The molecule has 0 aliphatic carbocycles. The molecule has 0 radical (unpaired) electrons. The molecule has 1 N–H and O–H groups in total. The Bertz CT molecular complexity index is 978. The van der Waals surface area contributed by atoms with Crippen LogP contribution in [0.15, 0.2) is 46.6 Å². The molecule has 1 amide bonds. The first-order chi connectivity index (χ1) is 14.5. The van der Waals surface area contributed by atoms with Gasteiger partial charge in [0, 0.05) is 18.7 Å². The number of hydrogen-bond donors (Lipinski definition) is 1. The first-order valence-corrected chi connectivity index (χ1v) is 9.99. The minimum Gasteiger partial charge on any atom is -0.507 e. The summed E-state index contributed by atoms with van der Waals surface area (Å²) in [7, 11) is 0. The summed E-state index contributed by atoms with van der Waals surface area (Å²) in [6.07, 6.45) is 1.49. The van der Waals surface area contributed by atoms with Crippen LogP contribution in [0.2, 0.25) is 0 Å². The molecule has 3 heterocycles. The Kier molecular flexibility index (Phi) is 5.50. The highest BCUT2D eigenvalue weighted by atomic mass is 16.7. The quantitative estimate of drug-likeness (QED) is 0.425. The van der Waals surface area contributed by atoms with E-state index in [1.807, 2.05) is 13.8 Å². The van der Waals surface area contributed by atoms with Gasteiger partial charge < -0.3 is 28.8 Å². The third-order valence-electron chi connectivity index (χ3n) is 5.55. The fourth-order valence-electron chi connectivity index (χ4n) is 3.84. The number of carbonyl (C=O) groups is 2. The summed E-state index contributed by atoms with van der Waals surface area (Å²) >= 11 is 0. The van der Waals surface area contributed by atoms with E-state index in [1.54, 1.807) is 30.3 Å². The second-order valence-electron chi connectivity index (χ2n) is 7.10. The first kappa shape index (κ1) is 20.0. The summed E-state index contributed by atoms with van der Waals surface area (Å²) in [4.78, 5) is 29.4. The lowest BCUT2D eigenvalue weighted by Gasteiger charge is -2.26. The van der Waals surface area contributed by atoms with Crippen molar-refractivity contribution < 1.29 is 28.6 Å². The number of amides is 1. The first-order valence-electron chi connectivity index (χ1n) is 9.99. The predicted octanol–water partition coefficient (Wildman–Crippen LogP) is 2.77. The molecule has 1 atom stereocenters. The molecule has 4 rings (SSSR count). The maximum atomic E-state index is 12.9. The van der Waals surface area contributed by atoms with Gasteiger partial charge >= 0.3 is 0 Å². The molecule has 8 nitrogen and oxygen atoms in total. The number of likely N-dealkylation sites (tertiary alicyclic amines) is 1. The molecule has 2 aromatic rings. The molecule has 0 bridgehead atoms. The molecule has 2 aliphatic rings. The number of rotatable bonds is 7. The van der Waals surface area contributed by atoms with Gasteiger partial charge in [-0.2, -0.15) is 0 Å². The number of ether oxygens (including phenoxy) is 2. The average Bonchev–Trinajstić information content (AvgIpc) is 3.49. The summed E-state index contributed by atoms with van der Waals surface area (Å²) < 4.78 is 16.2. The Morgan fingerprint density at radius 2 is 1.93 bits per heavy atom. The van der Waals surface area contributed by atoms with Crippen molar-refractivity contribution in [2.75, 3.05) is 33.0 Å². The lowest BCUT2D eigenvalue weighted by molar-refractivity contribution is -0.140. The number of nitrogens with zero attached hydrogens (tertiary/aromatic N) is 2. The van der Waals surface area contributed by atoms with Crippen LogP contribution in [-0.2, 0) is 9.59 Å². The fraction of sp³-hybridized carbons (Fsp3) is 0.364. The number of ketones is 1. The zero-order valence-corrected chi connectivity index (χ0v) is 17.0. The van der Waals surface area contributed by atoms with E-state index in [0.29, 0.717) is 35.9 Å². The number of benzene rings is 1. The summed E-state index contributed by atoms with van der Waals surface area (Å²) in [5, 5.41) is 11.0. The average molecular weight is 412 g/mol. The van der Waals surface area contributed by atoms with E-state index in [2.05, 4.69) is 4.90 Å². The van der Waals surface area contributed by atoms with Crippen molar-refractivity contribution in [3.05, 3.63) is 53.5 Å². The molecule has 1 fully saturated rings. The monoisotopic (exact) mass is 412 g/mol. The number of likely N-dealkylation sites (N-methyl/N-ethyl adjacent to an activating group) is 1. The van der Waals surface area contributed by atoms with Crippen molar-refractivity contribution in [1.82, 2.24) is 9.80 Å². The second kappa shape index (κ2) is 8.23. The minimum atomic E-state index is -0.791. The Labute approximate surface area is 174 Å².